The van der Waals surface area contributed by atoms with Gasteiger partial charge in [0.1, 0.15) is 5.15 Å². The zero-order valence-electron chi connectivity index (χ0n) is 13.6. The number of aliphatic hydroxyl groups is 1. The van der Waals surface area contributed by atoms with E-state index < -0.39 is 6.10 Å². The molecule has 24 heavy (non-hydrogen) atoms. The Kier molecular flexibility index (Phi) is 7.03. The van der Waals surface area contributed by atoms with Gasteiger partial charge in [-0.2, -0.15) is 0 Å². The Morgan fingerprint density at radius 1 is 1.25 bits per heavy atom. The van der Waals surface area contributed by atoms with Crippen molar-refractivity contribution in [1.29, 1.82) is 0 Å². The van der Waals surface area contributed by atoms with Crippen LogP contribution in [0.15, 0.2) is 48.7 Å². The highest BCUT2D eigenvalue weighted by Crippen LogP contribution is 2.17. The van der Waals surface area contributed by atoms with Crippen molar-refractivity contribution in [3.05, 3.63) is 64.9 Å². The molecule has 0 aliphatic carbocycles. The molecule has 2 aromatic rings. The van der Waals surface area contributed by atoms with Crippen LogP contribution in [0.5, 0.6) is 0 Å². The molecular formula is C18H22ClN3O2. The molecule has 2 rings (SSSR count). The molecule has 2 unspecified atom stereocenters. The van der Waals surface area contributed by atoms with Crippen LogP contribution in [-0.2, 0) is 6.42 Å². The number of halogens is 1. The number of pyridine rings is 1. The second kappa shape index (κ2) is 9.25. The predicted molar refractivity (Wildman–Crippen MR) is 95.0 cm³/mol. The number of nitrogens with zero attached hydrogens (tertiary/aromatic N) is 1. The van der Waals surface area contributed by atoms with Gasteiger partial charge in [0, 0.05) is 18.8 Å². The number of hydrogen-bond acceptors (Lipinski definition) is 3. The van der Waals surface area contributed by atoms with Gasteiger partial charge in [-0.15, -0.1) is 0 Å². The number of aromatic nitrogens is 1. The van der Waals surface area contributed by atoms with Gasteiger partial charge in [-0.05, 0) is 37.0 Å². The first-order valence-electron chi connectivity index (χ1n) is 7.92. The van der Waals surface area contributed by atoms with Gasteiger partial charge in [-0.1, -0.05) is 48.0 Å². The van der Waals surface area contributed by atoms with E-state index in [1.54, 1.807) is 12.3 Å². The third-order valence-electron chi connectivity index (χ3n) is 3.63. The van der Waals surface area contributed by atoms with Gasteiger partial charge in [0.25, 0.3) is 0 Å². The van der Waals surface area contributed by atoms with Crippen molar-refractivity contribution in [2.75, 3.05) is 6.54 Å². The highest BCUT2D eigenvalue weighted by molar-refractivity contribution is 6.29. The molecule has 0 saturated heterocycles. The Hall–Kier alpha value is -2.11. The molecule has 3 N–H and O–H groups in total. The van der Waals surface area contributed by atoms with Crippen molar-refractivity contribution >= 4 is 17.6 Å². The van der Waals surface area contributed by atoms with Crippen LogP contribution in [0.25, 0.3) is 0 Å². The van der Waals surface area contributed by atoms with Crippen molar-refractivity contribution in [2.45, 2.75) is 31.9 Å². The number of carbonyl (C=O) groups excluding carboxylic acids is 1. The Morgan fingerprint density at radius 3 is 2.67 bits per heavy atom. The van der Waals surface area contributed by atoms with Gasteiger partial charge >= 0.3 is 6.03 Å². The minimum absolute atomic E-state index is 0.141. The van der Waals surface area contributed by atoms with Gasteiger partial charge in [0.05, 0.1) is 6.10 Å². The van der Waals surface area contributed by atoms with Crippen LogP contribution < -0.4 is 10.6 Å². The van der Waals surface area contributed by atoms with Crippen LogP contribution in [-0.4, -0.2) is 28.7 Å². The number of nitrogens with one attached hydrogen (secondary N) is 2. The summed E-state index contributed by atoms with van der Waals surface area (Å²) in [5, 5.41) is 16.2. The minimum atomic E-state index is -0.596. The van der Waals surface area contributed by atoms with E-state index in [0.717, 1.165) is 11.1 Å². The molecule has 6 heteroatoms. The summed E-state index contributed by atoms with van der Waals surface area (Å²) in [5.74, 6) is 0. The molecule has 128 valence electrons. The molecule has 1 aromatic carbocycles. The normalized spacial score (nSPS) is 13.1. The maximum absolute atomic E-state index is 11.9. The monoisotopic (exact) mass is 347 g/mol. The Balaban J connectivity index is 1.68. The molecule has 0 fully saturated rings. The van der Waals surface area contributed by atoms with Crippen LogP contribution in [0, 0.1) is 0 Å². The molecule has 2 amide bonds. The van der Waals surface area contributed by atoms with E-state index in [1.807, 2.05) is 43.3 Å². The lowest BCUT2D eigenvalue weighted by Gasteiger charge is -2.18. The number of urea groups is 1. The lowest BCUT2D eigenvalue weighted by atomic mass is 10.0. The largest absolute Gasteiger partial charge is 0.388 e. The first-order chi connectivity index (χ1) is 11.5. The molecule has 0 aliphatic rings. The van der Waals surface area contributed by atoms with Gasteiger partial charge in [0.15, 0.2) is 0 Å². The van der Waals surface area contributed by atoms with Gasteiger partial charge in [-0.3, -0.25) is 0 Å². The third kappa shape index (κ3) is 6.18. The topological polar surface area (TPSA) is 74.2 Å². The zero-order valence-corrected chi connectivity index (χ0v) is 14.3. The number of hydrogen-bond donors (Lipinski definition) is 3. The summed E-state index contributed by atoms with van der Waals surface area (Å²) in [4.78, 5) is 15.9. The highest BCUT2D eigenvalue weighted by Gasteiger charge is 2.13. The lowest BCUT2D eigenvalue weighted by Crippen LogP contribution is -2.42. The molecule has 0 radical (unpaired) electrons. The van der Waals surface area contributed by atoms with E-state index in [4.69, 9.17) is 11.6 Å². The zero-order chi connectivity index (χ0) is 17.4. The van der Waals surface area contributed by atoms with E-state index in [9.17, 15) is 9.90 Å². The lowest BCUT2D eigenvalue weighted by molar-refractivity contribution is 0.154. The van der Waals surface area contributed by atoms with Crippen molar-refractivity contribution in [2.24, 2.45) is 0 Å². The van der Waals surface area contributed by atoms with Gasteiger partial charge in [-0.25, -0.2) is 9.78 Å². The predicted octanol–water partition coefficient (Wildman–Crippen LogP) is 3.09. The van der Waals surface area contributed by atoms with Crippen molar-refractivity contribution in [3.8, 4) is 0 Å². The molecule has 0 saturated carbocycles. The standard InChI is InChI=1S/C18H22ClN3O2/c1-13(11-16(23)15-5-3-2-4-6-15)22-18(24)20-10-9-14-7-8-17(19)21-12-14/h2-8,12-13,16,23H,9-11H2,1H3,(H2,20,22,24). The summed E-state index contributed by atoms with van der Waals surface area (Å²) < 4.78 is 0. The van der Waals surface area contributed by atoms with Crippen molar-refractivity contribution in [3.63, 3.8) is 0 Å². The summed E-state index contributed by atoms with van der Waals surface area (Å²) in [6.07, 6.45) is 2.24. The van der Waals surface area contributed by atoms with Gasteiger partial charge < -0.3 is 15.7 Å². The number of benzene rings is 1. The fourth-order valence-electron chi connectivity index (χ4n) is 2.35. The van der Waals surface area contributed by atoms with Crippen molar-refractivity contribution in [1.82, 2.24) is 15.6 Å². The molecular weight excluding hydrogens is 326 g/mol. The van der Waals surface area contributed by atoms with Crippen molar-refractivity contribution < 1.29 is 9.90 Å². The summed E-state index contributed by atoms with van der Waals surface area (Å²) in [5.41, 5.74) is 1.86. The minimum Gasteiger partial charge on any atom is -0.388 e. The first-order valence-corrected chi connectivity index (χ1v) is 8.30. The molecule has 2 atom stereocenters. The molecule has 0 spiro atoms. The fourth-order valence-corrected chi connectivity index (χ4v) is 2.47. The Bertz CT molecular complexity index is 634. The molecule has 5 nitrogen and oxygen atoms in total. The quantitative estimate of drug-likeness (QED) is 0.674. The summed E-state index contributed by atoms with van der Waals surface area (Å²) in [6, 6.07) is 12.6. The summed E-state index contributed by atoms with van der Waals surface area (Å²) in [7, 11) is 0. The van der Waals surface area contributed by atoms with Crippen LogP contribution in [0.1, 0.15) is 30.6 Å². The molecule has 1 heterocycles. The number of aliphatic hydroxyl groups excluding tert-OH is 1. The van der Waals surface area contributed by atoms with Crippen LogP contribution in [0.2, 0.25) is 5.15 Å². The van der Waals surface area contributed by atoms with E-state index in [1.165, 1.54) is 0 Å². The maximum Gasteiger partial charge on any atom is 0.315 e. The van der Waals surface area contributed by atoms with E-state index in [2.05, 4.69) is 15.6 Å². The Morgan fingerprint density at radius 2 is 2.00 bits per heavy atom. The third-order valence-corrected chi connectivity index (χ3v) is 3.85. The number of carbonyl (C=O) groups is 1. The molecule has 0 aliphatic heterocycles. The average Bonchev–Trinajstić information content (AvgIpc) is 2.57. The molecule has 0 bridgehead atoms. The second-order valence-electron chi connectivity index (χ2n) is 5.70. The summed E-state index contributed by atoms with van der Waals surface area (Å²) >= 11 is 5.73. The van der Waals surface area contributed by atoms with E-state index in [-0.39, 0.29) is 12.1 Å². The summed E-state index contributed by atoms with van der Waals surface area (Å²) in [6.45, 7) is 2.37. The average molecular weight is 348 g/mol. The first kappa shape index (κ1) is 18.2. The number of amides is 2. The van der Waals surface area contributed by atoms with Gasteiger partial charge in [0.2, 0.25) is 0 Å². The SMILES string of the molecule is CC(CC(O)c1ccccc1)NC(=O)NCCc1ccc(Cl)nc1. The van der Waals surface area contributed by atoms with Crippen LogP contribution in [0.3, 0.4) is 0 Å². The Labute approximate surface area is 147 Å². The fraction of sp³-hybridized carbons (Fsp3) is 0.333. The number of rotatable bonds is 7. The van der Waals surface area contributed by atoms with Crippen LogP contribution >= 0.6 is 11.6 Å². The van der Waals surface area contributed by atoms with E-state index >= 15 is 0 Å². The van der Waals surface area contributed by atoms with Crippen LogP contribution in [0.4, 0.5) is 4.79 Å². The maximum atomic E-state index is 11.9. The molecule has 1 aromatic heterocycles. The highest BCUT2D eigenvalue weighted by atomic mass is 35.5. The van der Waals surface area contributed by atoms with E-state index in [0.29, 0.717) is 24.5 Å². The second-order valence-corrected chi connectivity index (χ2v) is 6.09. The smallest absolute Gasteiger partial charge is 0.315 e.